The van der Waals surface area contributed by atoms with E-state index < -0.39 is 60.7 Å². The maximum absolute atomic E-state index is 13.0. The third-order valence-corrected chi connectivity index (χ3v) is 5.81. The average Bonchev–Trinajstić information content (AvgIpc) is 2.91. The van der Waals surface area contributed by atoms with Crippen LogP contribution in [0.1, 0.15) is 44.9 Å². The first kappa shape index (κ1) is 30.7. The van der Waals surface area contributed by atoms with Crippen molar-refractivity contribution in [3.05, 3.63) is 71.8 Å². The van der Waals surface area contributed by atoms with Crippen LogP contribution < -0.4 is 0 Å². The van der Waals surface area contributed by atoms with Gasteiger partial charge in [0.05, 0.1) is 13.2 Å². The Balaban J connectivity index is 2.04. The molecule has 40 heavy (non-hydrogen) atoms. The number of hydrogen-bond acceptors (Lipinski definition) is 11. The number of esters is 4. The lowest BCUT2D eigenvalue weighted by atomic mass is 9.97. The maximum Gasteiger partial charge on any atom is 0.339 e. The Labute approximate surface area is 232 Å². The number of carbonyl (C=O) groups excluding carboxylic acids is 4. The highest BCUT2D eigenvalue weighted by Crippen LogP contribution is 2.34. The Kier molecular flexibility index (Phi) is 11.6. The van der Waals surface area contributed by atoms with E-state index in [9.17, 15) is 19.2 Å². The molecule has 1 saturated heterocycles. The van der Waals surface area contributed by atoms with E-state index in [1.54, 1.807) is 37.3 Å². The summed E-state index contributed by atoms with van der Waals surface area (Å²) in [7, 11) is 0. The minimum atomic E-state index is -1.46. The predicted molar refractivity (Wildman–Crippen MR) is 138 cm³/mol. The summed E-state index contributed by atoms with van der Waals surface area (Å²) in [5.74, 6) is -2.69. The molecule has 3 rings (SSSR count). The number of carbonyl (C=O) groups is 4. The van der Waals surface area contributed by atoms with Gasteiger partial charge in [-0.1, -0.05) is 60.7 Å². The van der Waals surface area contributed by atoms with Gasteiger partial charge in [0.15, 0.2) is 18.3 Å². The Morgan fingerprint density at radius 1 is 0.775 bits per heavy atom. The van der Waals surface area contributed by atoms with Crippen molar-refractivity contribution in [3.8, 4) is 0 Å². The molecule has 1 heterocycles. The molecule has 1 aliphatic heterocycles. The van der Waals surface area contributed by atoms with E-state index >= 15 is 0 Å². The first-order chi connectivity index (χ1) is 19.2. The Bertz CT molecular complexity index is 1120. The number of hydrogen-bond donors (Lipinski definition) is 0. The van der Waals surface area contributed by atoms with E-state index in [0.29, 0.717) is 5.56 Å². The molecule has 216 valence electrons. The molecule has 0 aliphatic carbocycles. The molecule has 1 fully saturated rings. The Morgan fingerprint density at radius 2 is 1.40 bits per heavy atom. The van der Waals surface area contributed by atoms with Crippen LogP contribution in [0.15, 0.2) is 60.7 Å². The van der Waals surface area contributed by atoms with Crippen LogP contribution in [0, 0.1) is 0 Å². The zero-order valence-electron chi connectivity index (χ0n) is 22.8. The van der Waals surface area contributed by atoms with Crippen LogP contribution in [-0.2, 0) is 58.9 Å². The van der Waals surface area contributed by atoms with Crippen LogP contribution in [0.4, 0.5) is 0 Å². The number of ether oxygens (including phenoxy) is 7. The van der Waals surface area contributed by atoms with E-state index in [2.05, 4.69) is 0 Å². The quantitative estimate of drug-likeness (QED) is 0.281. The summed E-state index contributed by atoms with van der Waals surface area (Å²) in [5.41, 5.74) is 1.26. The van der Waals surface area contributed by atoms with Gasteiger partial charge in [0.1, 0.15) is 18.8 Å². The number of rotatable bonds is 12. The highest BCUT2D eigenvalue weighted by atomic mass is 16.7. The molecule has 0 N–H and O–H groups in total. The van der Waals surface area contributed by atoms with E-state index in [0.717, 1.165) is 5.56 Å². The zero-order chi connectivity index (χ0) is 29.1. The molecule has 0 unspecified atom stereocenters. The van der Waals surface area contributed by atoms with Crippen molar-refractivity contribution in [2.45, 2.75) is 71.1 Å². The van der Waals surface area contributed by atoms with Crippen molar-refractivity contribution in [3.63, 3.8) is 0 Å². The van der Waals surface area contributed by atoms with Crippen LogP contribution in [0.5, 0.6) is 0 Å². The van der Waals surface area contributed by atoms with Crippen LogP contribution in [-0.4, -0.2) is 67.8 Å². The molecule has 2 aromatic rings. The van der Waals surface area contributed by atoms with E-state index in [4.69, 9.17) is 33.2 Å². The maximum atomic E-state index is 13.0. The second-order valence-electron chi connectivity index (χ2n) is 8.93. The average molecular weight is 559 g/mol. The molecular weight excluding hydrogens is 524 g/mol. The Hall–Kier alpha value is -3.80. The predicted octanol–water partition coefficient (Wildman–Crippen LogP) is 3.04. The number of benzene rings is 2. The second-order valence-corrected chi connectivity index (χ2v) is 8.93. The first-order valence-electron chi connectivity index (χ1n) is 12.8. The third-order valence-electron chi connectivity index (χ3n) is 5.81. The van der Waals surface area contributed by atoms with Crippen molar-refractivity contribution in [2.24, 2.45) is 0 Å². The highest BCUT2D eigenvalue weighted by molar-refractivity contribution is 5.76. The van der Waals surface area contributed by atoms with Gasteiger partial charge in [-0.25, -0.2) is 4.79 Å². The van der Waals surface area contributed by atoms with Crippen molar-refractivity contribution in [1.29, 1.82) is 0 Å². The van der Waals surface area contributed by atoms with Gasteiger partial charge in [0.2, 0.25) is 6.29 Å². The molecule has 1 aliphatic rings. The molecule has 11 nitrogen and oxygen atoms in total. The summed E-state index contributed by atoms with van der Waals surface area (Å²) in [6, 6.07) is 17.7. The minimum absolute atomic E-state index is 0.0775. The van der Waals surface area contributed by atoms with E-state index in [1.165, 1.54) is 20.8 Å². The smallest absolute Gasteiger partial charge is 0.339 e. The lowest BCUT2D eigenvalue weighted by Gasteiger charge is -2.45. The molecular formula is C29H34O11. The van der Waals surface area contributed by atoms with Crippen molar-refractivity contribution in [1.82, 2.24) is 0 Å². The van der Waals surface area contributed by atoms with E-state index in [1.807, 2.05) is 30.3 Å². The Morgan fingerprint density at radius 3 is 1.98 bits per heavy atom. The van der Waals surface area contributed by atoms with Gasteiger partial charge in [0.25, 0.3) is 0 Å². The SMILES string of the molecule is CCOC(=O)[C@H](O[C@H]1[C@H](OC(C)=O)O[C@H](COC(C)=O)[C@@H](OCc2ccccc2)[C@@H]1OC(C)=O)c1ccccc1. The summed E-state index contributed by atoms with van der Waals surface area (Å²) >= 11 is 0. The van der Waals surface area contributed by atoms with Crippen LogP contribution in [0.2, 0.25) is 0 Å². The standard InChI is InChI=1S/C29H34O11/c1-5-34-28(33)24(22-14-10-7-11-15-22)40-27-26(37-19(3)31)25(36-16-21-12-8-6-9-13-21)23(17-35-18(2)30)39-29(27)38-20(4)32/h6-15,23-27,29H,5,16-17H2,1-4H3/t23-,24-,25-,26+,27-,29-/m1/s1. The van der Waals surface area contributed by atoms with Gasteiger partial charge in [-0.2, -0.15) is 0 Å². The molecule has 0 spiro atoms. The fraction of sp³-hybridized carbons (Fsp3) is 0.448. The molecule has 0 aromatic heterocycles. The normalized spacial score (nSPS) is 22.9. The van der Waals surface area contributed by atoms with Gasteiger partial charge in [-0.3, -0.25) is 14.4 Å². The van der Waals surface area contributed by atoms with Gasteiger partial charge >= 0.3 is 23.9 Å². The zero-order valence-corrected chi connectivity index (χ0v) is 22.8. The van der Waals surface area contributed by atoms with Gasteiger partial charge < -0.3 is 33.2 Å². The topological polar surface area (TPSA) is 133 Å². The first-order valence-corrected chi connectivity index (χ1v) is 12.8. The molecule has 0 radical (unpaired) electrons. The minimum Gasteiger partial charge on any atom is -0.464 e. The monoisotopic (exact) mass is 558 g/mol. The summed E-state index contributed by atoms with van der Waals surface area (Å²) < 4.78 is 40.0. The summed E-state index contributed by atoms with van der Waals surface area (Å²) in [6.07, 6.45) is -7.42. The summed E-state index contributed by atoms with van der Waals surface area (Å²) in [5, 5.41) is 0. The van der Waals surface area contributed by atoms with Crippen molar-refractivity contribution < 1.29 is 52.3 Å². The van der Waals surface area contributed by atoms with Crippen LogP contribution in [0.25, 0.3) is 0 Å². The fourth-order valence-corrected chi connectivity index (χ4v) is 4.18. The highest BCUT2D eigenvalue weighted by Gasteiger charge is 2.53. The van der Waals surface area contributed by atoms with Gasteiger partial charge in [0, 0.05) is 20.8 Å². The van der Waals surface area contributed by atoms with E-state index in [-0.39, 0.29) is 19.8 Å². The molecule has 0 saturated carbocycles. The lowest BCUT2D eigenvalue weighted by molar-refractivity contribution is -0.316. The van der Waals surface area contributed by atoms with Gasteiger partial charge in [-0.05, 0) is 18.1 Å². The van der Waals surface area contributed by atoms with Gasteiger partial charge in [-0.15, -0.1) is 0 Å². The molecule has 6 atom stereocenters. The second kappa shape index (κ2) is 15.1. The molecule has 0 amide bonds. The van der Waals surface area contributed by atoms with Crippen molar-refractivity contribution in [2.75, 3.05) is 13.2 Å². The summed E-state index contributed by atoms with van der Waals surface area (Å²) in [4.78, 5) is 49.0. The van der Waals surface area contributed by atoms with Crippen LogP contribution in [0.3, 0.4) is 0 Å². The molecule has 0 bridgehead atoms. The molecule has 2 aromatic carbocycles. The largest absolute Gasteiger partial charge is 0.464 e. The van der Waals surface area contributed by atoms with Crippen LogP contribution >= 0.6 is 0 Å². The fourth-order valence-electron chi connectivity index (χ4n) is 4.18. The molecule has 11 heteroatoms. The van der Waals surface area contributed by atoms with Crippen molar-refractivity contribution >= 4 is 23.9 Å². The lowest BCUT2D eigenvalue weighted by Crippen LogP contribution is -2.62. The summed E-state index contributed by atoms with van der Waals surface area (Å²) in [6.45, 7) is 5.11. The third kappa shape index (κ3) is 8.87.